The minimum Gasteiger partial charge on any atom is -0.507 e. The van der Waals surface area contributed by atoms with E-state index in [9.17, 15) is 30.0 Å². The lowest BCUT2D eigenvalue weighted by molar-refractivity contribution is -0.145. The van der Waals surface area contributed by atoms with Crippen molar-refractivity contribution in [2.45, 2.75) is 25.2 Å². The number of aromatic hydroxyl groups is 2. The van der Waals surface area contributed by atoms with Crippen molar-refractivity contribution in [3.63, 3.8) is 0 Å². The van der Waals surface area contributed by atoms with Gasteiger partial charge in [-0.15, -0.1) is 0 Å². The van der Waals surface area contributed by atoms with E-state index in [1.165, 1.54) is 18.2 Å². The van der Waals surface area contributed by atoms with E-state index in [-0.39, 0.29) is 51.8 Å². The number of nitriles is 1. The number of phenols is 2. The molecule has 0 bridgehead atoms. The number of hydrogen-bond acceptors (Lipinski definition) is 7. The van der Waals surface area contributed by atoms with Gasteiger partial charge in [0.1, 0.15) is 23.2 Å². The van der Waals surface area contributed by atoms with Gasteiger partial charge in [-0.05, 0) is 60.0 Å². The maximum Gasteiger partial charge on any atom is 0.311 e. The number of aromatic nitrogens is 2. The number of fused-ring (bicyclic) bond motifs is 1. The number of benzene rings is 3. The Hall–Kier alpha value is -5.37. The lowest BCUT2D eigenvalue weighted by Crippen LogP contribution is -2.16. The molecule has 0 saturated carbocycles. The number of carbonyl (C=O) groups is 2. The van der Waals surface area contributed by atoms with E-state index in [1.54, 1.807) is 30.3 Å². The van der Waals surface area contributed by atoms with Crippen LogP contribution in [-0.4, -0.2) is 48.2 Å². The van der Waals surface area contributed by atoms with Crippen molar-refractivity contribution >= 4 is 28.8 Å². The van der Waals surface area contributed by atoms with Crippen LogP contribution in [0.3, 0.4) is 0 Å². The molecule has 0 fully saturated rings. The quantitative estimate of drug-likeness (QED) is 0.128. The third-order valence-corrected chi connectivity index (χ3v) is 6.14. The van der Waals surface area contributed by atoms with Crippen LogP contribution in [0.15, 0.2) is 48.5 Å². The molecule has 0 spiro atoms. The molecule has 1 aromatic heterocycles. The highest BCUT2D eigenvalue weighted by atomic mass is 16.4. The number of aliphatic carboxylic acids is 2. The molecule has 0 amide bonds. The van der Waals surface area contributed by atoms with Crippen LogP contribution in [0.4, 0.5) is 0 Å². The minimum atomic E-state index is -1.46. The van der Waals surface area contributed by atoms with Crippen LogP contribution in [0.1, 0.15) is 35.4 Å². The highest BCUT2D eigenvalue weighted by Crippen LogP contribution is 2.44. The summed E-state index contributed by atoms with van der Waals surface area (Å²) in [5.74, 6) is -4.69. The molecule has 0 aliphatic heterocycles. The molecule has 4 rings (SSSR count). The van der Waals surface area contributed by atoms with Crippen molar-refractivity contribution in [1.82, 2.24) is 9.97 Å². The van der Waals surface area contributed by atoms with Crippen molar-refractivity contribution < 1.29 is 30.0 Å². The summed E-state index contributed by atoms with van der Waals surface area (Å²) in [6, 6.07) is 14.2. The molecule has 3 aromatic carbocycles. The van der Waals surface area contributed by atoms with Gasteiger partial charge in [0.25, 0.3) is 0 Å². The number of rotatable bonds is 9. The van der Waals surface area contributed by atoms with Gasteiger partial charge in [-0.2, -0.15) is 5.26 Å². The fourth-order valence-electron chi connectivity index (χ4n) is 4.22. The Bertz CT molecular complexity index is 1640. The van der Waals surface area contributed by atoms with Crippen LogP contribution in [0.5, 0.6) is 11.5 Å². The highest BCUT2D eigenvalue weighted by Gasteiger charge is 2.27. The Morgan fingerprint density at radius 1 is 1.05 bits per heavy atom. The molecule has 1 atom stereocenters. The van der Waals surface area contributed by atoms with Gasteiger partial charge in [-0.25, -0.2) is 4.98 Å². The van der Waals surface area contributed by atoms with Crippen LogP contribution in [0, 0.1) is 16.7 Å². The Morgan fingerprint density at radius 2 is 1.79 bits per heavy atom. The molecule has 1 unspecified atom stereocenters. The summed E-state index contributed by atoms with van der Waals surface area (Å²) in [5, 5.41) is 57.7. The third kappa shape index (κ3) is 5.10. The summed E-state index contributed by atoms with van der Waals surface area (Å²) in [4.78, 5) is 31.0. The number of hydrogen-bond donors (Lipinski definition) is 7. The summed E-state index contributed by atoms with van der Waals surface area (Å²) in [6.45, 7) is 0. The van der Waals surface area contributed by atoms with Crippen LogP contribution in [-0.2, 0) is 16.0 Å². The minimum absolute atomic E-state index is 0.0651. The number of carboxylic acid groups (broad SMARTS) is 2. The van der Waals surface area contributed by atoms with Gasteiger partial charge in [-0.3, -0.25) is 15.0 Å². The van der Waals surface area contributed by atoms with Crippen molar-refractivity contribution in [1.29, 1.82) is 10.7 Å². The van der Waals surface area contributed by atoms with Gasteiger partial charge in [0.2, 0.25) is 0 Å². The first kappa shape index (κ1) is 25.7. The fraction of sp³-hybridized carbons (Fsp3) is 0.148. The predicted molar refractivity (Wildman–Crippen MR) is 138 cm³/mol. The van der Waals surface area contributed by atoms with Crippen molar-refractivity contribution in [3.05, 3.63) is 65.2 Å². The summed E-state index contributed by atoms with van der Waals surface area (Å²) >= 11 is 0. The first-order chi connectivity index (χ1) is 18.1. The van der Waals surface area contributed by atoms with Gasteiger partial charge in [-0.1, -0.05) is 6.07 Å². The summed E-state index contributed by atoms with van der Waals surface area (Å²) in [5.41, 5.74) is 8.09. The standard InChI is InChI=1S/C27H23N5O6/c28-7-1-2-13-3-6-22(33)17(8-13)18-9-15(16(27(37)38)12-23(34)35)10-19(24(18)36)26-31-20-5-4-14(25(29)30)11-21(20)32-26/h3-6,8-11,16,33,36H,1-2,12H2,(H3,29,30)(H,31,32)(H,34,35)(H,37,38). The van der Waals surface area contributed by atoms with E-state index in [4.69, 9.17) is 16.4 Å². The number of nitrogens with one attached hydrogen (secondary N) is 2. The number of nitrogens with two attached hydrogens (primary N) is 1. The first-order valence-electron chi connectivity index (χ1n) is 11.4. The lowest BCUT2D eigenvalue weighted by Gasteiger charge is -2.17. The monoisotopic (exact) mass is 513 g/mol. The number of nitrogens with zero attached hydrogens (tertiary/aromatic N) is 2. The number of carboxylic acids is 2. The van der Waals surface area contributed by atoms with E-state index >= 15 is 0 Å². The van der Waals surface area contributed by atoms with Gasteiger partial charge in [0.15, 0.2) is 0 Å². The van der Waals surface area contributed by atoms with Crippen molar-refractivity contribution in [2.24, 2.45) is 5.73 Å². The van der Waals surface area contributed by atoms with Gasteiger partial charge < -0.3 is 31.1 Å². The zero-order valence-electron chi connectivity index (χ0n) is 19.9. The number of aryl methyl sites for hydroxylation is 1. The van der Waals surface area contributed by atoms with Gasteiger partial charge in [0, 0.05) is 23.1 Å². The predicted octanol–water partition coefficient (Wildman–Crippen LogP) is 3.69. The Kier molecular flexibility index (Phi) is 6.98. The van der Waals surface area contributed by atoms with Gasteiger partial charge in [0.05, 0.1) is 35.0 Å². The molecule has 8 N–H and O–H groups in total. The van der Waals surface area contributed by atoms with Crippen LogP contribution in [0.2, 0.25) is 0 Å². The van der Waals surface area contributed by atoms with Crippen molar-refractivity contribution in [3.8, 4) is 40.1 Å². The molecule has 11 nitrogen and oxygen atoms in total. The van der Waals surface area contributed by atoms with Gasteiger partial charge >= 0.3 is 11.9 Å². The normalized spacial score (nSPS) is 11.7. The number of amidine groups is 1. The maximum atomic E-state index is 12.0. The number of nitrogen functional groups attached to an aromatic ring is 1. The fourth-order valence-corrected chi connectivity index (χ4v) is 4.22. The second kappa shape index (κ2) is 10.3. The average molecular weight is 514 g/mol. The van der Waals surface area contributed by atoms with E-state index in [1.807, 2.05) is 6.07 Å². The molecule has 11 heteroatoms. The number of imidazole rings is 1. The third-order valence-electron chi connectivity index (χ3n) is 6.14. The zero-order valence-corrected chi connectivity index (χ0v) is 19.9. The summed E-state index contributed by atoms with van der Waals surface area (Å²) < 4.78 is 0. The van der Waals surface area contributed by atoms with E-state index in [0.29, 0.717) is 28.6 Å². The molecule has 38 heavy (non-hydrogen) atoms. The van der Waals surface area contributed by atoms with Crippen LogP contribution >= 0.6 is 0 Å². The number of aromatic amines is 1. The second-order valence-corrected chi connectivity index (χ2v) is 8.69. The molecule has 4 aromatic rings. The molecular formula is C27H23N5O6. The largest absolute Gasteiger partial charge is 0.507 e. The smallest absolute Gasteiger partial charge is 0.311 e. The lowest BCUT2D eigenvalue weighted by atomic mass is 9.89. The topological polar surface area (TPSA) is 217 Å². The molecule has 0 radical (unpaired) electrons. The Labute approximate surface area is 215 Å². The van der Waals surface area contributed by atoms with E-state index in [0.717, 1.165) is 0 Å². The second-order valence-electron chi connectivity index (χ2n) is 8.69. The SMILES string of the molecule is N#CCCc1ccc(O)c(-c2cc(C(CC(=O)O)C(=O)O)cc(-c3nc4cc(C(=N)N)ccc4[nH]3)c2O)c1. The van der Waals surface area contributed by atoms with Crippen LogP contribution in [0.25, 0.3) is 33.5 Å². The molecule has 0 aliphatic rings. The van der Waals surface area contributed by atoms with E-state index < -0.39 is 24.3 Å². The molecular weight excluding hydrogens is 490 g/mol. The zero-order chi connectivity index (χ0) is 27.6. The molecule has 0 saturated heterocycles. The first-order valence-corrected chi connectivity index (χ1v) is 11.4. The summed E-state index contributed by atoms with van der Waals surface area (Å²) in [6.07, 6.45) is -0.104. The molecule has 1 heterocycles. The van der Waals surface area contributed by atoms with E-state index in [2.05, 4.69) is 9.97 Å². The number of phenolic OH excluding ortho intramolecular Hbond substituents is 2. The maximum absolute atomic E-state index is 12.0. The molecule has 192 valence electrons. The van der Waals surface area contributed by atoms with Crippen LogP contribution < -0.4 is 5.73 Å². The molecule has 0 aliphatic carbocycles. The Balaban J connectivity index is 1.97. The highest BCUT2D eigenvalue weighted by molar-refractivity contribution is 5.98. The Morgan fingerprint density at radius 3 is 2.45 bits per heavy atom. The van der Waals surface area contributed by atoms with Crippen molar-refractivity contribution in [2.75, 3.05) is 0 Å². The summed E-state index contributed by atoms with van der Waals surface area (Å²) in [7, 11) is 0. The average Bonchev–Trinajstić information content (AvgIpc) is 3.30. The number of H-pyrrole nitrogens is 1.